The van der Waals surface area contributed by atoms with Crippen molar-refractivity contribution in [3.63, 3.8) is 0 Å². The molecule has 0 bridgehead atoms. The molecule has 0 aromatic carbocycles. The zero-order valence-electron chi connectivity index (χ0n) is 9.04. The molecule has 1 fully saturated rings. The number of hydrogen-bond acceptors (Lipinski definition) is 2. The number of nitrogens with zero attached hydrogens (tertiary/aromatic N) is 1. The highest BCUT2D eigenvalue weighted by atomic mass is 19.3. The summed E-state index contributed by atoms with van der Waals surface area (Å²) in [4.78, 5) is 2.33. The monoisotopic (exact) mass is 207 g/mol. The number of hydrogen-bond donors (Lipinski definition) is 0. The maximum absolute atomic E-state index is 11.8. The van der Waals surface area contributed by atoms with E-state index >= 15 is 0 Å². The van der Waals surface area contributed by atoms with Crippen molar-refractivity contribution in [2.24, 2.45) is 5.92 Å². The third-order valence-electron chi connectivity index (χ3n) is 2.83. The van der Waals surface area contributed by atoms with Crippen molar-refractivity contribution >= 4 is 0 Å². The molecular weight excluding hydrogens is 188 g/mol. The Morgan fingerprint density at radius 3 is 2.50 bits per heavy atom. The van der Waals surface area contributed by atoms with Crippen LogP contribution in [0.2, 0.25) is 0 Å². The van der Waals surface area contributed by atoms with Crippen LogP contribution < -0.4 is 0 Å². The van der Waals surface area contributed by atoms with Gasteiger partial charge in [0, 0.05) is 18.6 Å². The van der Waals surface area contributed by atoms with Crippen molar-refractivity contribution in [1.82, 2.24) is 4.90 Å². The minimum Gasteiger partial charge on any atom is -0.323 e. The van der Waals surface area contributed by atoms with E-state index in [0.29, 0.717) is 12.1 Å². The molecule has 0 amide bonds. The fourth-order valence-corrected chi connectivity index (χ4v) is 2.22. The maximum atomic E-state index is 11.8. The van der Waals surface area contributed by atoms with Gasteiger partial charge in [-0.2, -0.15) is 8.78 Å². The summed E-state index contributed by atoms with van der Waals surface area (Å²) in [5.41, 5.74) is 0. The first kappa shape index (κ1) is 11.9. The van der Waals surface area contributed by atoms with Crippen LogP contribution in [0.25, 0.3) is 0 Å². The Balaban J connectivity index is 2.31. The van der Waals surface area contributed by atoms with Crippen molar-refractivity contribution in [3.05, 3.63) is 0 Å². The molecule has 1 aliphatic rings. The summed E-state index contributed by atoms with van der Waals surface area (Å²) in [7, 11) is 0. The Bertz CT molecular complexity index is 176. The highest BCUT2D eigenvalue weighted by molar-refractivity contribution is 4.84. The Hall–Kier alpha value is -0.220. The van der Waals surface area contributed by atoms with Crippen LogP contribution in [0, 0.1) is 5.92 Å². The minimum absolute atomic E-state index is 0.186. The molecule has 0 aliphatic carbocycles. The van der Waals surface area contributed by atoms with E-state index in [0.717, 1.165) is 13.0 Å². The lowest BCUT2D eigenvalue weighted by atomic mass is 10.1. The van der Waals surface area contributed by atoms with Crippen LogP contribution in [-0.2, 0) is 4.74 Å². The van der Waals surface area contributed by atoms with Gasteiger partial charge in [-0.3, -0.25) is 4.90 Å². The predicted octanol–water partition coefficient (Wildman–Crippen LogP) is 2.34. The molecule has 4 heteroatoms. The first-order chi connectivity index (χ1) is 6.50. The average Bonchev–Trinajstić information content (AvgIpc) is 2.43. The first-order valence-corrected chi connectivity index (χ1v) is 5.16. The van der Waals surface area contributed by atoms with Crippen LogP contribution in [0.5, 0.6) is 0 Å². The van der Waals surface area contributed by atoms with Crippen LogP contribution in [-0.4, -0.2) is 36.7 Å². The van der Waals surface area contributed by atoms with Gasteiger partial charge in [0.2, 0.25) is 0 Å². The van der Waals surface area contributed by atoms with Gasteiger partial charge in [-0.1, -0.05) is 0 Å². The number of alkyl halides is 2. The first-order valence-electron chi connectivity index (χ1n) is 5.16. The summed E-state index contributed by atoms with van der Waals surface area (Å²) in [5.74, 6) is 0.265. The quantitative estimate of drug-likeness (QED) is 0.701. The van der Waals surface area contributed by atoms with Crippen LogP contribution in [0.1, 0.15) is 27.2 Å². The van der Waals surface area contributed by atoms with Crippen LogP contribution in [0.3, 0.4) is 0 Å². The number of likely N-dealkylation sites (tertiary alicyclic amines) is 1. The second-order valence-electron chi connectivity index (χ2n) is 4.34. The van der Waals surface area contributed by atoms with Crippen LogP contribution >= 0.6 is 0 Å². The molecule has 84 valence electrons. The van der Waals surface area contributed by atoms with E-state index in [1.54, 1.807) is 0 Å². The molecular formula is C10H19F2NO. The molecule has 14 heavy (non-hydrogen) atoms. The summed E-state index contributed by atoms with van der Waals surface area (Å²) in [6.07, 6.45) is 0.963. The van der Waals surface area contributed by atoms with Gasteiger partial charge in [-0.25, -0.2) is 0 Å². The lowest BCUT2D eigenvalue weighted by Gasteiger charge is -2.25. The SMILES string of the molecule is CC(C)N1CC(COC(F)F)C[C@H]1C. The van der Waals surface area contributed by atoms with Crippen molar-refractivity contribution in [3.8, 4) is 0 Å². The lowest BCUT2D eigenvalue weighted by molar-refractivity contribution is -0.137. The standard InChI is InChI=1S/C10H19F2NO/c1-7(2)13-5-9(4-8(13)3)6-14-10(11)12/h7-10H,4-6H2,1-3H3/t8-,9?/m1/s1. The number of halogens is 2. The Morgan fingerprint density at radius 1 is 1.43 bits per heavy atom. The highest BCUT2D eigenvalue weighted by Crippen LogP contribution is 2.25. The summed E-state index contributed by atoms with van der Waals surface area (Å²) in [5, 5.41) is 0. The van der Waals surface area contributed by atoms with Gasteiger partial charge in [0.15, 0.2) is 0 Å². The Kier molecular flexibility index (Phi) is 4.26. The molecule has 0 aromatic rings. The van der Waals surface area contributed by atoms with E-state index in [1.807, 2.05) is 0 Å². The predicted molar refractivity (Wildman–Crippen MR) is 51.4 cm³/mol. The fourth-order valence-electron chi connectivity index (χ4n) is 2.22. The maximum Gasteiger partial charge on any atom is 0.345 e. The molecule has 1 heterocycles. The average molecular weight is 207 g/mol. The normalized spacial score (nSPS) is 29.4. The number of ether oxygens (including phenoxy) is 1. The van der Waals surface area contributed by atoms with E-state index in [1.165, 1.54) is 0 Å². The largest absolute Gasteiger partial charge is 0.345 e. The Morgan fingerprint density at radius 2 is 2.07 bits per heavy atom. The van der Waals surface area contributed by atoms with E-state index in [-0.39, 0.29) is 12.5 Å². The molecule has 1 rings (SSSR count). The third kappa shape index (κ3) is 3.17. The van der Waals surface area contributed by atoms with Gasteiger partial charge in [0.25, 0.3) is 0 Å². The second kappa shape index (κ2) is 5.03. The van der Waals surface area contributed by atoms with Crippen LogP contribution in [0.4, 0.5) is 8.78 Å². The van der Waals surface area contributed by atoms with Gasteiger partial charge in [-0.15, -0.1) is 0 Å². The molecule has 0 aromatic heterocycles. The molecule has 1 saturated heterocycles. The van der Waals surface area contributed by atoms with E-state index in [9.17, 15) is 8.78 Å². The Labute approximate surface area is 84.2 Å². The smallest absolute Gasteiger partial charge is 0.323 e. The molecule has 1 aliphatic heterocycles. The molecule has 0 N–H and O–H groups in total. The minimum atomic E-state index is -2.63. The van der Waals surface area contributed by atoms with Crippen molar-refractivity contribution < 1.29 is 13.5 Å². The van der Waals surface area contributed by atoms with Gasteiger partial charge in [0.05, 0.1) is 6.61 Å². The van der Waals surface area contributed by atoms with Crippen LogP contribution in [0.15, 0.2) is 0 Å². The fraction of sp³-hybridized carbons (Fsp3) is 1.00. The summed E-state index contributed by atoms with van der Waals surface area (Å²) >= 11 is 0. The summed E-state index contributed by atoms with van der Waals surface area (Å²) < 4.78 is 28.0. The van der Waals surface area contributed by atoms with Crippen molar-refractivity contribution in [1.29, 1.82) is 0 Å². The van der Waals surface area contributed by atoms with Gasteiger partial charge in [-0.05, 0) is 33.1 Å². The molecule has 2 nitrogen and oxygen atoms in total. The zero-order chi connectivity index (χ0) is 10.7. The molecule has 1 unspecified atom stereocenters. The molecule has 2 atom stereocenters. The summed E-state index contributed by atoms with van der Waals surface area (Å²) in [6, 6.07) is 0.975. The summed E-state index contributed by atoms with van der Waals surface area (Å²) in [6.45, 7) is 4.84. The number of rotatable bonds is 4. The molecule has 0 radical (unpaired) electrons. The zero-order valence-corrected chi connectivity index (χ0v) is 9.04. The van der Waals surface area contributed by atoms with Crippen molar-refractivity contribution in [2.75, 3.05) is 13.2 Å². The topological polar surface area (TPSA) is 12.5 Å². The second-order valence-corrected chi connectivity index (χ2v) is 4.34. The van der Waals surface area contributed by atoms with E-state index in [4.69, 9.17) is 0 Å². The van der Waals surface area contributed by atoms with Gasteiger partial charge < -0.3 is 4.74 Å². The van der Waals surface area contributed by atoms with E-state index < -0.39 is 6.61 Å². The van der Waals surface area contributed by atoms with Gasteiger partial charge in [0.1, 0.15) is 0 Å². The third-order valence-corrected chi connectivity index (χ3v) is 2.83. The van der Waals surface area contributed by atoms with Gasteiger partial charge >= 0.3 is 6.61 Å². The molecule has 0 spiro atoms. The highest BCUT2D eigenvalue weighted by Gasteiger charge is 2.30. The molecule has 0 saturated carbocycles. The lowest BCUT2D eigenvalue weighted by Crippen LogP contribution is -2.34. The van der Waals surface area contributed by atoms with E-state index in [2.05, 4.69) is 30.4 Å². The van der Waals surface area contributed by atoms with Crippen molar-refractivity contribution in [2.45, 2.75) is 45.9 Å².